The van der Waals surface area contributed by atoms with Crippen molar-refractivity contribution in [3.05, 3.63) is 62.1 Å². The average molecular weight is 416 g/mol. The van der Waals surface area contributed by atoms with E-state index in [0.717, 1.165) is 5.56 Å². The van der Waals surface area contributed by atoms with Crippen molar-refractivity contribution in [3.8, 4) is 5.75 Å². The Labute approximate surface area is 166 Å². The molecule has 7 heteroatoms. The van der Waals surface area contributed by atoms with Crippen LogP contribution in [0.1, 0.15) is 41.3 Å². The highest BCUT2D eigenvalue weighted by Crippen LogP contribution is 2.32. The van der Waals surface area contributed by atoms with Crippen LogP contribution in [-0.4, -0.2) is 23.5 Å². The van der Waals surface area contributed by atoms with Crippen LogP contribution in [0.2, 0.25) is 15.1 Å². The Morgan fingerprint density at radius 3 is 2.31 bits per heavy atom. The second-order valence-corrected chi connectivity index (χ2v) is 6.86. The van der Waals surface area contributed by atoms with Crippen LogP contribution in [0.25, 0.3) is 0 Å². The number of carbonyl (C=O) groups excluding carboxylic acids is 2. The number of ether oxygens (including phenoxy) is 1. The Morgan fingerprint density at radius 2 is 1.69 bits per heavy atom. The minimum absolute atomic E-state index is 0.0365. The van der Waals surface area contributed by atoms with Gasteiger partial charge in [0.2, 0.25) is 0 Å². The van der Waals surface area contributed by atoms with Crippen LogP contribution in [0.3, 0.4) is 0 Å². The van der Waals surface area contributed by atoms with Crippen molar-refractivity contribution in [2.24, 2.45) is 0 Å². The number of benzene rings is 2. The summed E-state index contributed by atoms with van der Waals surface area (Å²) in [5, 5.41) is 11.3. The van der Waals surface area contributed by atoms with Crippen molar-refractivity contribution in [1.82, 2.24) is 0 Å². The summed E-state index contributed by atoms with van der Waals surface area (Å²) >= 11 is 18.3. The molecule has 2 rings (SSSR count). The Balaban J connectivity index is 2.19. The van der Waals surface area contributed by atoms with Crippen LogP contribution >= 0.6 is 34.8 Å². The lowest BCUT2D eigenvalue weighted by Gasteiger charge is -2.10. The predicted octanol–water partition coefficient (Wildman–Crippen LogP) is 5.47. The minimum atomic E-state index is -0.448. The van der Waals surface area contributed by atoms with Gasteiger partial charge in [0.05, 0.1) is 18.6 Å². The number of phenols is 1. The molecular formula is C19H17Cl3O4. The maximum absolute atomic E-state index is 12.3. The number of hydrogen-bond donors (Lipinski definition) is 1. The van der Waals surface area contributed by atoms with Gasteiger partial charge >= 0.3 is 5.97 Å². The first-order valence-corrected chi connectivity index (χ1v) is 9.09. The zero-order valence-electron chi connectivity index (χ0n) is 14.0. The van der Waals surface area contributed by atoms with E-state index in [-0.39, 0.29) is 36.5 Å². The molecule has 0 bridgehead atoms. The van der Waals surface area contributed by atoms with E-state index in [9.17, 15) is 14.7 Å². The first-order valence-electron chi connectivity index (χ1n) is 7.96. The van der Waals surface area contributed by atoms with Crippen molar-refractivity contribution in [2.45, 2.75) is 26.2 Å². The Hall–Kier alpha value is -1.75. The van der Waals surface area contributed by atoms with E-state index in [1.165, 1.54) is 6.07 Å². The third-order valence-corrected chi connectivity index (χ3v) is 4.60. The maximum atomic E-state index is 12.3. The minimum Gasteiger partial charge on any atom is -0.507 e. The van der Waals surface area contributed by atoms with E-state index in [2.05, 4.69) is 0 Å². The summed E-state index contributed by atoms with van der Waals surface area (Å²) in [7, 11) is 0. The summed E-state index contributed by atoms with van der Waals surface area (Å²) in [5.41, 5.74) is 1.56. The molecule has 0 saturated heterocycles. The van der Waals surface area contributed by atoms with Gasteiger partial charge < -0.3 is 9.84 Å². The number of halogens is 3. The van der Waals surface area contributed by atoms with Gasteiger partial charge in [-0.1, -0.05) is 40.9 Å². The average Bonchev–Trinajstić information content (AvgIpc) is 2.57. The first kappa shape index (κ1) is 20.6. The molecule has 4 nitrogen and oxygen atoms in total. The molecule has 26 heavy (non-hydrogen) atoms. The van der Waals surface area contributed by atoms with E-state index in [1.807, 2.05) is 0 Å². The van der Waals surface area contributed by atoms with Crippen LogP contribution < -0.4 is 0 Å². The van der Waals surface area contributed by atoms with Gasteiger partial charge in [0, 0.05) is 27.9 Å². The first-order chi connectivity index (χ1) is 12.3. The number of phenolic OH excluding ortho intramolecular Hbond substituents is 1. The number of Topliss-reactive ketones (excluding diaryl/α,β-unsaturated/α-hetero) is 1. The summed E-state index contributed by atoms with van der Waals surface area (Å²) in [5.74, 6) is -0.933. The molecule has 0 spiro atoms. The fraction of sp³-hybridized carbons (Fsp3) is 0.263. The lowest BCUT2D eigenvalue weighted by molar-refractivity contribution is -0.143. The van der Waals surface area contributed by atoms with Gasteiger partial charge in [0.25, 0.3) is 0 Å². The highest BCUT2D eigenvalue weighted by molar-refractivity contribution is 6.39. The zero-order chi connectivity index (χ0) is 19.3. The molecular weight excluding hydrogens is 399 g/mol. The molecule has 0 aliphatic heterocycles. The molecule has 0 radical (unpaired) electrons. The van der Waals surface area contributed by atoms with E-state index >= 15 is 0 Å². The van der Waals surface area contributed by atoms with E-state index < -0.39 is 5.97 Å². The number of hydrogen-bond acceptors (Lipinski definition) is 4. The van der Waals surface area contributed by atoms with Crippen LogP contribution in [0.4, 0.5) is 0 Å². The SMILES string of the molecule is CCOC(=O)CCC(=O)c1cc(Cc2c(Cl)cc(Cl)cc2Cl)ccc1O. The smallest absolute Gasteiger partial charge is 0.306 e. The second-order valence-electron chi connectivity index (χ2n) is 5.60. The van der Waals surface area contributed by atoms with Crippen molar-refractivity contribution >= 4 is 46.6 Å². The van der Waals surface area contributed by atoms with E-state index in [1.54, 1.807) is 31.2 Å². The summed E-state index contributed by atoms with van der Waals surface area (Å²) < 4.78 is 4.80. The molecule has 0 unspecified atom stereocenters. The Kier molecular flexibility index (Phi) is 7.33. The third kappa shape index (κ3) is 5.37. The zero-order valence-corrected chi connectivity index (χ0v) is 16.3. The topological polar surface area (TPSA) is 63.6 Å². The number of aromatic hydroxyl groups is 1. The lowest BCUT2D eigenvalue weighted by Crippen LogP contribution is -2.08. The van der Waals surface area contributed by atoms with Crippen molar-refractivity contribution in [3.63, 3.8) is 0 Å². The van der Waals surface area contributed by atoms with E-state index in [0.29, 0.717) is 27.1 Å². The standard InChI is InChI=1S/C19H17Cl3O4/c1-2-26-19(25)6-5-18(24)14-8-11(3-4-17(14)23)7-13-15(21)9-12(20)10-16(13)22/h3-4,8-10,23H,2,5-7H2,1H3. The van der Waals surface area contributed by atoms with Gasteiger partial charge in [-0.2, -0.15) is 0 Å². The molecule has 0 atom stereocenters. The largest absolute Gasteiger partial charge is 0.507 e. The highest BCUT2D eigenvalue weighted by atomic mass is 35.5. The molecule has 0 amide bonds. The fourth-order valence-corrected chi connectivity index (χ4v) is 3.40. The quantitative estimate of drug-likeness (QED) is 0.481. The van der Waals surface area contributed by atoms with E-state index in [4.69, 9.17) is 39.5 Å². The van der Waals surface area contributed by atoms with Gasteiger partial charge in [0.1, 0.15) is 5.75 Å². The molecule has 0 aliphatic carbocycles. The van der Waals surface area contributed by atoms with Gasteiger partial charge in [-0.05, 0) is 42.3 Å². The monoisotopic (exact) mass is 414 g/mol. The Bertz CT molecular complexity index is 811. The molecule has 0 saturated carbocycles. The molecule has 0 heterocycles. The summed E-state index contributed by atoms with van der Waals surface area (Å²) in [4.78, 5) is 23.7. The molecule has 138 valence electrons. The molecule has 2 aromatic carbocycles. The van der Waals surface area contributed by atoms with Gasteiger partial charge in [-0.15, -0.1) is 0 Å². The predicted molar refractivity (Wildman–Crippen MR) is 103 cm³/mol. The normalized spacial score (nSPS) is 10.6. The van der Waals surface area contributed by atoms with Crippen LogP contribution in [0.5, 0.6) is 5.75 Å². The highest BCUT2D eigenvalue weighted by Gasteiger charge is 2.16. The van der Waals surface area contributed by atoms with Gasteiger partial charge in [-0.25, -0.2) is 0 Å². The third-order valence-electron chi connectivity index (χ3n) is 3.71. The second kappa shape index (κ2) is 9.26. The number of carbonyl (C=O) groups is 2. The van der Waals surface area contributed by atoms with Crippen LogP contribution in [0, 0.1) is 0 Å². The molecule has 0 aliphatic rings. The van der Waals surface area contributed by atoms with Crippen LogP contribution in [0.15, 0.2) is 30.3 Å². The van der Waals surface area contributed by atoms with Crippen molar-refractivity contribution in [2.75, 3.05) is 6.61 Å². The summed E-state index contributed by atoms with van der Waals surface area (Å²) in [6.45, 7) is 1.96. The maximum Gasteiger partial charge on any atom is 0.306 e. The summed E-state index contributed by atoms with van der Waals surface area (Å²) in [6, 6.07) is 7.87. The molecule has 0 aromatic heterocycles. The van der Waals surface area contributed by atoms with Crippen molar-refractivity contribution < 1.29 is 19.4 Å². The number of rotatable bonds is 7. The number of ketones is 1. The van der Waals surface area contributed by atoms with Crippen molar-refractivity contribution in [1.29, 1.82) is 0 Å². The lowest BCUT2D eigenvalue weighted by atomic mass is 9.98. The number of esters is 1. The molecule has 1 N–H and O–H groups in total. The summed E-state index contributed by atoms with van der Waals surface area (Å²) in [6.07, 6.45) is 0.288. The van der Waals surface area contributed by atoms with Crippen LogP contribution in [-0.2, 0) is 16.0 Å². The van der Waals surface area contributed by atoms with Gasteiger partial charge in [0.15, 0.2) is 5.78 Å². The molecule has 0 fully saturated rings. The molecule has 2 aromatic rings. The van der Waals surface area contributed by atoms with Gasteiger partial charge in [-0.3, -0.25) is 9.59 Å². The fourth-order valence-electron chi connectivity index (χ4n) is 2.45. The Morgan fingerprint density at radius 1 is 1.04 bits per heavy atom.